The number of nitrogens with zero attached hydrogens (tertiary/aromatic N) is 2. The molecule has 0 radical (unpaired) electrons. The molecule has 2 heterocycles. The van der Waals surface area contributed by atoms with Gasteiger partial charge in [0.2, 0.25) is 0 Å². The fraction of sp³-hybridized carbons (Fsp3) is 0.281. The Hall–Kier alpha value is -4.57. The van der Waals surface area contributed by atoms with Gasteiger partial charge in [0.1, 0.15) is 11.6 Å². The number of hydrogen-bond acceptors (Lipinski definition) is 4. The number of H-pyrrole nitrogens is 1. The van der Waals surface area contributed by atoms with E-state index in [1.807, 2.05) is 0 Å². The van der Waals surface area contributed by atoms with Crippen LogP contribution in [0.15, 0.2) is 52.1 Å². The van der Waals surface area contributed by atoms with Crippen LogP contribution in [0.5, 0.6) is 0 Å². The number of aliphatic hydroxyl groups is 1. The lowest BCUT2D eigenvalue weighted by molar-refractivity contribution is 0.100. The number of fused-ring (bicyclic) bond motifs is 4. The van der Waals surface area contributed by atoms with Gasteiger partial charge in [-0.3, -0.25) is 14.2 Å². The van der Waals surface area contributed by atoms with Crippen LogP contribution >= 0.6 is 0 Å². The summed E-state index contributed by atoms with van der Waals surface area (Å²) in [5.74, 6) is -1.89. The molecule has 1 amide bonds. The van der Waals surface area contributed by atoms with Gasteiger partial charge in [0.05, 0.1) is 33.8 Å². The molecule has 42 heavy (non-hydrogen) atoms. The average molecular weight is 573 g/mol. The number of rotatable bonds is 5. The molecule has 5 aromatic rings. The van der Waals surface area contributed by atoms with Gasteiger partial charge in [-0.1, -0.05) is 18.2 Å². The number of para-hydroxylation sites is 1. The van der Waals surface area contributed by atoms with Crippen LogP contribution < -0.4 is 17.0 Å². The zero-order valence-corrected chi connectivity index (χ0v) is 23.4. The number of aliphatic hydroxyl groups excluding tert-OH is 1. The number of amides is 1. The van der Waals surface area contributed by atoms with E-state index in [0.29, 0.717) is 41.3 Å². The Balaban J connectivity index is 1.62. The molecule has 1 aliphatic carbocycles. The first-order chi connectivity index (χ1) is 20.0. The van der Waals surface area contributed by atoms with Gasteiger partial charge in [-0.25, -0.2) is 18.1 Å². The van der Waals surface area contributed by atoms with Crippen LogP contribution in [0.3, 0.4) is 0 Å². The van der Waals surface area contributed by atoms with E-state index in [4.69, 9.17) is 5.73 Å². The molecular formula is C32H30F2N4O4. The maximum absolute atomic E-state index is 16.1. The highest BCUT2D eigenvalue weighted by atomic mass is 19.1. The van der Waals surface area contributed by atoms with E-state index in [-0.39, 0.29) is 33.6 Å². The number of hydrogen-bond donors (Lipinski definition) is 3. The fourth-order valence-electron chi connectivity index (χ4n) is 6.62. The summed E-state index contributed by atoms with van der Waals surface area (Å²) in [5.41, 5.74) is 7.70. The minimum Gasteiger partial charge on any atom is -0.393 e. The van der Waals surface area contributed by atoms with Crippen LogP contribution in [0.2, 0.25) is 0 Å². The van der Waals surface area contributed by atoms with Crippen molar-refractivity contribution < 1.29 is 18.7 Å². The molecule has 1 unspecified atom stereocenters. The molecule has 6 rings (SSSR count). The first kappa shape index (κ1) is 27.6. The number of nitrogens with one attached hydrogen (secondary N) is 1. The Morgan fingerprint density at radius 2 is 1.90 bits per heavy atom. The van der Waals surface area contributed by atoms with E-state index < -0.39 is 34.9 Å². The molecule has 8 nitrogen and oxygen atoms in total. The Bertz CT molecular complexity index is 2050. The molecule has 0 aliphatic heterocycles. The number of aromatic nitrogens is 3. The van der Waals surface area contributed by atoms with Crippen LogP contribution in [0, 0.1) is 24.5 Å². The maximum Gasteiger partial charge on any atom is 0.335 e. The van der Waals surface area contributed by atoms with E-state index in [9.17, 15) is 23.9 Å². The van der Waals surface area contributed by atoms with Crippen LogP contribution in [0.1, 0.15) is 46.9 Å². The van der Waals surface area contributed by atoms with E-state index in [0.717, 1.165) is 32.9 Å². The SMILES string of the molecule is Cc1c(-c2c(F)cc(C(N)=O)c3[nH]c4c(c23)CC[C@H](CC(C)O)C4)cccc1-n1c(=O)c2cccc(F)c2n(C)c1=O. The van der Waals surface area contributed by atoms with E-state index in [2.05, 4.69) is 4.98 Å². The second-order valence-corrected chi connectivity index (χ2v) is 11.2. The monoisotopic (exact) mass is 572 g/mol. The topological polar surface area (TPSA) is 123 Å². The number of nitrogens with two attached hydrogens (primary N) is 1. The van der Waals surface area contributed by atoms with E-state index in [1.165, 1.54) is 25.2 Å². The summed E-state index contributed by atoms with van der Waals surface area (Å²) >= 11 is 0. The largest absolute Gasteiger partial charge is 0.393 e. The van der Waals surface area contributed by atoms with Gasteiger partial charge in [0.15, 0.2) is 0 Å². The summed E-state index contributed by atoms with van der Waals surface area (Å²) in [6.45, 7) is 3.44. The molecule has 0 spiro atoms. The highest BCUT2D eigenvalue weighted by molar-refractivity contribution is 6.11. The van der Waals surface area contributed by atoms with Gasteiger partial charge in [0.25, 0.3) is 11.5 Å². The van der Waals surface area contributed by atoms with Crippen molar-refractivity contribution in [2.24, 2.45) is 18.7 Å². The zero-order chi connectivity index (χ0) is 30.0. The van der Waals surface area contributed by atoms with E-state index in [1.54, 1.807) is 32.0 Å². The third-order valence-electron chi connectivity index (χ3n) is 8.51. The molecule has 0 bridgehead atoms. The summed E-state index contributed by atoms with van der Waals surface area (Å²) in [6.07, 6.45) is 2.19. The van der Waals surface area contributed by atoms with E-state index >= 15 is 4.39 Å². The van der Waals surface area contributed by atoms with Gasteiger partial charge < -0.3 is 15.8 Å². The number of primary amides is 1. The lowest BCUT2D eigenvalue weighted by Crippen LogP contribution is -2.38. The molecule has 10 heteroatoms. The van der Waals surface area contributed by atoms with Crippen molar-refractivity contribution >= 4 is 27.7 Å². The third-order valence-corrected chi connectivity index (χ3v) is 8.51. The second-order valence-electron chi connectivity index (χ2n) is 11.2. The molecule has 1 aliphatic rings. The van der Waals surface area contributed by atoms with Crippen LogP contribution in [0.25, 0.3) is 38.6 Å². The van der Waals surface area contributed by atoms with Crippen molar-refractivity contribution in [3.05, 3.63) is 97.3 Å². The number of carbonyl (C=O) groups is 1. The first-order valence-corrected chi connectivity index (χ1v) is 13.8. The van der Waals surface area contributed by atoms with Crippen molar-refractivity contribution in [1.82, 2.24) is 14.1 Å². The van der Waals surface area contributed by atoms with Gasteiger partial charge in [-0.15, -0.1) is 0 Å². The fourth-order valence-corrected chi connectivity index (χ4v) is 6.62. The molecule has 0 saturated heterocycles. The Morgan fingerprint density at radius 3 is 2.62 bits per heavy atom. The van der Waals surface area contributed by atoms with Crippen molar-refractivity contribution in [3.8, 4) is 16.8 Å². The molecular weight excluding hydrogens is 542 g/mol. The molecule has 4 N–H and O–H groups in total. The molecule has 0 saturated carbocycles. The highest BCUT2D eigenvalue weighted by Crippen LogP contribution is 2.42. The molecule has 3 aromatic carbocycles. The predicted molar refractivity (Wildman–Crippen MR) is 157 cm³/mol. The quantitative estimate of drug-likeness (QED) is 0.289. The van der Waals surface area contributed by atoms with Crippen LogP contribution in [0.4, 0.5) is 8.78 Å². The highest BCUT2D eigenvalue weighted by Gasteiger charge is 2.29. The zero-order valence-electron chi connectivity index (χ0n) is 23.4. The minimum atomic E-state index is -0.770. The lowest BCUT2D eigenvalue weighted by atomic mass is 9.82. The van der Waals surface area contributed by atoms with Gasteiger partial charge in [-0.05, 0) is 86.4 Å². The summed E-state index contributed by atoms with van der Waals surface area (Å²) in [7, 11) is 1.39. The Kier molecular flexibility index (Phi) is 6.61. The number of aryl methyl sites for hydroxylation is 2. The molecule has 2 aromatic heterocycles. The smallest absolute Gasteiger partial charge is 0.335 e. The predicted octanol–water partition coefficient (Wildman–Crippen LogP) is 4.40. The number of aromatic amines is 1. The first-order valence-electron chi connectivity index (χ1n) is 13.8. The Labute approximate surface area is 239 Å². The van der Waals surface area contributed by atoms with Crippen LogP contribution in [-0.4, -0.2) is 31.2 Å². The number of carbonyl (C=O) groups excluding carboxylic acids is 1. The minimum absolute atomic E-state index is 0.0307. The summed E-state index contributed by atoms with van der Waals surface area (Å²) in [6, 6.07) is 10.1. The van der Waals surface area contributed by atoms with Crippen molar-refractivity contribution in [2.75, 3.05) is 0 Å². The standard InChI is InChI=1S/C32H30F2N4O4/c1-15(39)12-17-10-11-19-24(13-17)36-28-21(30(35)40)14-23(34)26(27(19)28)18-6-5-9-25(16(18)2)38-31(41)20-7-4-8-22(33)29(20)37(3)32(38)42/h4-9,14-15,17,36,39H,10-13H2,1-3H3,(H2,35,40)/t15?,17-/m1/s1. The summed E-state index contributed by atoms with van der Waals surface area (Å²) in [5, 5.41) is 10.5. The van der Waals surface area contributed by atoms with Crippen molar-refractivity contribution in [3.63, 3.8) is 0 Å². The molecule has 0 fully saturated rings. The average Bonchev–Trinajstić information content (AvgIpc) is 3.30. The summed E-state index contributed by atoms with van der Waals surface area (Å²) < 4.78 is 32.7. The van der Waals surface area contributed by atoms with Gasteiger partial charge in [0, 0.05) is 23.7 Å². The third kappa shape index (κ3) is 4.16. The van der Waals surface area contributed by atoms with Gasteiger partial charge in [-0.2, -0.15) is 0 Å². The lowest BCUT2D eigenvalue weighted by Gasteiger charge is -2.24. The summed E-state index contributed by atoms with van der Waals surface area (Å²) in [4.78, 5) is 42.7. The second kappa shape index (κ2) is 10.1. The molecule has 2 atom stereocenters. The normalized spacial score (nSPS) is 15.7. The number of benzene rings is 3. The maximum atomic E-state index is 16.1. The van der Waals surface area contributed by atoms with Gasteiger partial charge >= 0.3 is 5.69 Å². The van der Waals surface area contributed by atoms with Crippen molar-refractivity contribution in [1.29, 1.82) is 0 Å². The Morgan fingerprint density at radius 1 is 1.17 bits per heavy atom. The van der Waals surface area contributed by atoms with Crippen molar-refractivity contribution in [2.45, 2.75) is 45.6 Å². The molecule has 216 valence electrons. The van der Waals surface area contributed by atoms with Crippen LogP contribution in [-0.2, 0) is 19.9 Å². The number of halogens is 2.